The zero-order chi connectivity index (χ0) is 14.8. The highest BCUT2D eigenvalue weighted by molar-refractivity contribution is 5.58. The third kappa shape index (κ3) is 3.31. The molecule has 0 aromatic heterocycles. The Morgan fingerprint density at radius 2 is 1.95 bits per heavy atom. The quantitative estimate of drug-likeness (QED) is 0.610. The van der Waals surface area contributed by atoms with E-state index in [9.17, 15) is 15.4 Å². The first-order valence-electron chi connectivity index (χ1n) is 6.39. The highest BCUT2D eigenvalue weighted by Gasteiger charge is 2.31. The minimum Gasteiger partial charge on any atom is -0.258 e. The molecule has 0 radical (unpaired) electrons. The van der Waals surface area contributed by atoms with Crippen LogP contribution in [-0.4, -0.2) is 4.92 Å². The van der Waals surface area contributed by atoms with Crippen LogP contribution in [0.1, 0.15) is 51.3 Å². The lowest BCUT2D eigenvalue weighted by Gasteiger charge is -2.22. The Kier molecular flexibility index (Phi) is 4.31. The van der Waals surface area contributed by atoms with Gasteiger partial charge in [-0.05, 0) is 23.8 Å². The first-order valence-corrected chi connectivity index (χ1v) is 6.39. The molecule has 0 atom stereocenters. The summed E-state index contributed by atoms with van der Waals surface area (Å²) in [5, 5.41) is 20.6. The minimum absolute atomic E-state index is 0.111. The van der Waals surface area contributed by atoms with Crippen molar-refractivity contribution in [1.82, 2.24) is 0 Å². The standard InChI is InChI=1S/C15H20N2O2/c1-10(2)8-11-6-7-12(9-16)13(15(3,4)5)14(11)17(18)19/h6-7,10H,8H2,1-5H3. The van der Waals surface area contributed by atoms with Crippen molar-refractivity contribution in [2.24, 2.45) is 5.92 Å². The van der Waals surface area contributed by atoms with Gasteiger partial charge in [-0.25, -0.2) is 0 Å². The highest BCUT2D eigenvalue weighted by atomic mass is 16.6. The molecule has 0 aliphatic rings. The topological polar surface area (TPSA) is 66.9 Å². The van der Waals surface area contributed by atoms with Gasteiger partial charge in [0.15, 0.2) is 0 Å². The summed E-state index contributed by atoms with van der Waals surface area (Å²) in [7, 11) is 0. The third-order valence-corrected chi connectivity index (χ3v) is 2.94. The number of benzene rings is 1. The number of hydrogen-bond acceptors (Lipinski definition) is 3. The van der Waals surface area contributed by atoms with Gasteiger partial charge in [-0.3, -0.25) is 10.1 Å². The van der Waals surface area contributed by atoms with E-state index in [2.05, 4.69) is 6.07 Å². The summed E-state index contributed by atoms with van der Waals surface area (Å²) in [4.78, 5) is 11.1. The molecule has 0 saturated heterocycles. The van der Waals surface area contributed by atoms with Crippen molar-refractivity contribution in [3.8, 4) is 6.07 Å². The van der Waals surface area contributed by atoms with Gasteiger partial charge in [-0.1, -0.05) is 40.7 Å². The number of nitro benzene ring substituents is 1. The lowest BCUT2D eigenvalue weighted by Crippen LogP contribution is -2.18. The van der Waals surface area contributed by atoms with Crippen molar-refractivity contribution in [1.29, 1.82) is 5.26 Å². The number of nitriles is 1. The molecule has 0 fully saturated rings. The zero-order valence-electron chi connectivity index (χ0n) is 12.2. The van der Waals surface area contributed by atoms with Crippen molar-refractivity contribution in [2.75, 3.05) is 0 Å². The molecule has 19 heavy (non-hydrogen) atoms. The van der Waals surface area contributed by atoms with Gasteiger partial charge in [-0.2, -0.15) is 5.26 Å². The van der Waals surface area contributed by atoms with Gasteiger partial charge in [0.25, 0.3) is 5.69 Å². The first-order chi connectivity index (χ1) is 8.68. The summed E-state index contributed by atoms with van der Waals surface area (Å²) >= 11 is 0. The van der Waals surface area contributed by atoms with Crippen LogP contribution >= 0.6 is 0 Å². The third-order valence-electron chi connectivity index (χ3n) is 2.94. The van der Waals surface area contributed by atoms with Crippen molar-refractivity contribution < 1.29 is 4.92 Å². The Morgan fingerprint density at radius 1 is 1.37 bits per heavy atom. The van der Waals surface area contributed by atoms with Crippen molar-refractivity contribution in [3.05, 3.63) is 38.9 Å². The molecule has 0 amide bonds. The predicted octanol–water partition coefficient (Wildman–Crippen LogP) is 3.96. The van der Waals surface area contributed by atoms with E-state index in [1.54, 1.807) is 12.1 Å². The van der Waals surface area contributed by atoms with Crippen LogP contribution in [0.3, 0.4) is 0 Å². The number of rotatable bonds is 3. The van der Waals surface area contributed by atoms with Gasteiger partial charge in [0, 0.05) is 5.56 Å². The summed E-state index contributed by atoms with van der Waals surface area (Å²) < 4.78 is 0. The second kappa shape index (κ2) is 5.40. The molecule has 1 aromatic carbocycles. The van der Waals surface area contributed by atoms with E-state index in [1.807, 2.05) is 34.6 Å². The summed E-state index contributed by atoms with van der Waals surface area (Å²) in [6.45, 7) is 9.75. The maximum Gasteiger partial charge on any atom is 0.277 e. The van der Waals surface area contributed by atoms with Crippen LogP contribution in [0.15, 0.2) is 12.1 Å². The normalized spacial score (nSPS) is 11.4. The van der Waals surface area contributed by atoms with Crippen molar-refractivity contribution in [2.45, 2.75) is 46.5 Å². The van der Waals surface area contributed by atoms with E-state index in [4.69, 9.17) is 0 Å². The smallest absolute Gasteiger partial charge is 0.258 e. The van der Waals surface area contributed by atoms with Crippen LogP contribution < -0.4 is 0 Å². The Labute approximate surface area is 114 Å². The fourth-order valence-corrected chi connectivity index (χ4v) is 2.30. The van der Waals surface area contributed by atoms with Crippen LogP contribution in [0.25, 0.3) is 0 Å². The van der Waals surface area contributed by atoms with E-state index >= 15 is 0 Å². The van der Waals surface area contributed by atoms with Crippen LogP contribution in [0, 0.1) is 27.4 Å². The van der Waals surface area contributed by atoms with E-state index in [0.717, 1.165) is 0 Å². The van der Waals surface area contributed by atoms with Gasteiger partial charge in [0.05, 0.1) is 22.1 Å². The zero-order valence-corrected chi connectivity index (χ0v) is 12.2. The molecule has 0 saturated carbocycles. The average Bonchev–Trinajstić information content (AvgIpc) is 2.25. The van der Waals surface area contributed by atoms with Gasteiger partial charge in [-0.15, -0.1) is 0 Å². The van der Waals surface area contributed by atoms with Gasteiger partial charge in [0.2, 0.25) is 0 Å². The molecule has 4 nitrogen and oxygen atoms in total. The maximum atomic E-state index is 11.4. The van der Waals surface area contributed by atoms with Gasteiger partial charge >= 0.3 is 0 Å². The Balaban J connectivity index is 3.65. The van der Waals surface area contributed by atoms with Crippen molar-refractivity contribution >= 4 is 5.69 Å². The average molecular weight is 260 g/mol. The molecule has 0 N–H and O–H groups in total. The Bertz CT molecular complexity index is 534. The number of hydrogen-bond donors (Lipinski definition) is 0. The molecule has 1 aromatic rings. The molecular weight excluding hydrogens is 240 g/mol. The number of nitro groups is 1. The lowest BCUT2D eigenvalue weighted by molar-refractivity contribution is -0.386. The monoisotopic (exact) mass is 260 g/mol. The largest absolute Gasteiger partial charge is 0.277 e. The fraction of sp³-hybridized carbons (Fsp3) is 0.533. The molecule has 0 unspecified atom stereocenters. The SMILES string of the molecule is CC(C)Cc1ccc(C#N)c(C(C)(C)C)c1[N+](=O)[O-]. The molecule has 102 valence electrons. The van der Waals surface area contributed by atoms with E-state index < -0.39 is 5.41 Å². The molecule has 0 spiro atoms. The van der Waals surface area contributed by atoms with Crippen LogP contribution in [0.2, 0.25) is 0 Å². The molecule has 0 heterocycles. The summed E-state index contributed by atoms with van der Waals surface area (Å²) in [6.07, 6.45) is 0.644. The first kappa shape index (κ1) is 15.2. The molecule has 0 bridgehead atoms. The summed E-state index contributed by atoms with van der Waals surface area (Å²) in [6, 6.07) is 5.49. The molecule has 0 aliphatic heterocycles. The molecular formula is C15H20N2O2. The Morgan fingerprint density at radius 3 is 2.32 bits per heavy atom. The highest BCUT2D eigenvalue weighted by Crippen LogP contribution is 2.37. The van der Waals surface area contributed by atoms with Crippen LogP contribution in [0.4, 0.5) is 5.69 Å². The predicted molar refractivity (Wildman–Crippen MR) is 75.1 cm³/mol. The van der Waals surface area contributed by atoms with Crippen LogP contribution in [0.5, 0.6) is 0 Å². The van der Waals surface area contributed by atoms with Gasteiger partial charge in [0.1, 0.15) is 0 Å². The van der Waals surface area contributed by atoms with E-state index in [0.29, 0.717) is 29.0 Å². The van der Waals surface area contributed by atoms with E-state index in [1.165, 1.54) is 0 Å². The maximum absolute atomic E-state index is 11.4. The fourth-order valence-electron chi connectivity index (χ4n) is 2.30. The second-order valence-corrected chi connectivity index (χ2v) is 6.21. The number of nitrogens with zero attached hydrogens (tertiary/aromatic N) is 2. The van der Waals surface area contributed by atoms with E-state index in [-0.39, 0.29) is 10.6 Å². The van der Waals surface area contributed by atoms with Gasteiger partial charge < -0.3 is 0 Å². The Hall–Kier alpha value is -1.89. The molecule has 4 heteroatoms. The summed E-state index contributed by atoms with van der Waals surface area (Å²) in [5.41, 5.74) is 1.33. The molecule has 1 rings (SSSR count). The van der Waals surface area contributed by atoms with Crippen molar-refractivity contribution in [3.63, 3.8) is 0 Å². The minimum atomic E-state index is -0.430. The summed E-state index contributed by atoms with van der Waals surface area (Å²) in [5.74, 6) is 0.333. The molecule has 0 aliphatic carbocycles. The lowest BCUT2D eigenvalue weighted by atomic mass is 9.80. The second-order valence-electron chi connectivity index (χ2n) is 6.21. The van der Waals surface area contributed by atoms with Crippen LogP contribution in [-0.2, 0) is 11.8 Å².